The maximum Gasteiger partial charge on any atom is 0.573 e. The van der Waals surface area contributed by atoms with Crippen molar-refractivity contribution < 1.29 is 17.9 Å². The smallest absolute Gasteiger partial charge is 0.405 e. The highest BCUT2D eigenvalue weighted by atomic mass is 127. The maximum atomic E-state index is 12.4. The van der Waals surface area contributed by atoms with E-state index in [1.807, 2.05) is 6.92 Å². The van der Waals surface area contributed by atoms with Crippen LogP contribution in [0.25, 0.3) is 0 Å². The van der Waals surface area contributed by atoms with Gasteiger partial charge < -0.3 is 15.4 Å². The summed E-state index contributed by atoms with van der Waals surface area (Å²) in [5.41, 5.74) is 0.384. The van der Waals surface area contributed by atoms with Crippen molar-refractivity contribution in [2.75, 3.05) is 25.1 Å². The zero-order chi connectivity index (χ0) is 17.8. The number of thioether (sulfide) groups is 1. The van der Waals surface area contributed by atoms with Gasteiger partial charge in [-0.05, 0) is 37.8 Å². The first-order valence-corrected chi connectivity index (χ1v) is 9.20. The Bertz CT molecular complexity index is 516. The number of benzene rings is 1. The molecule has 0 spiro atoms. The van der Waals surface area contributed by atoms with E-state index in [0.29, 0.717) is 18.1 Å². The first-order valence-electron chi connectivity index (χ1n) is 7.81. The van der Waals surface area contributed by atoms with Gasteiger partial charge in [0, 0.05) is 18.7 Å². The second kappa shape index (κ2) is 13.4. The summed E-state index contributed by atoms with van der Waals surface area (Å²) in [5.74, 6) is 1.48. The summed E-state index contributed by atoms with van der Waals surface area (Å²) in [6.07, 6.45) is -0.520. The fourth-order valence-corrected chi connectivity index (χ4v) is 2.44. The van der Waals surface area contributed by atoms with E-state index in [-0.39, 0.29) is 36.3 Å². The van der Waals surface area contributed by atoms with Crippen molar-refractivity contribution in [3.05, 3.63) is 29.8 Å². The van der Waals surface area contributed by atoms with E-state index >= 15 is 0 Å². The third kappa shape index (κ3) is 11.4. The van der Waals surface area contributed by atoms with Crippen LogP contribution in [0.3, 0.4) is 0 Å². The van der Waals surface area contributed by atoms with E-state index in [4.69, 9.17) is 0 Å². The minimum Gasteiger partial charge on any atom is -0.405 e. The van der Waals surface area contributed by atoms with Crippen LogP contribution in [0.15, 0.2) is 29.3 Å². The van der Waals surface area contributed by atoms with Gasteiger partial charge in [0.15, 0.2) is 5.96 Å². The number of halogens is 4. The van der Waals surface area contributed by atoms with Gasteiger partial charge in [-0.2, -0.15) is 11.8 Å². The van der Waals surface area contributed by atoms with Crippen LogP contribution in [-0.4, -0.2) is 37.4 Å². The van der Waals surface area contributed by atoms with Gasteiger partial charge in [-0.1, -0.05) is 18.2 Å². The predicted molar refractivity (Wildman–Crippen MR) is 109 cm³/mol. The van der Waals surface area contributed by atoms with Crippen LogP contribution in [0, 0.1) is 0 Å². The number of unbranched alkanes of at least 4 members (excludes halogenated alkanes) is 1. The zero-order valence-corrected chi connectivity index (χ0v) is 17.5. The Morgan fingerprint density at radius 2 is 1.92 bits per heavy atom. The van der Waals surface area contributed by atoms with Crippen molar-refractivity contribution in [2.45, 2.75) is 32.7 Å². The molecule has 0 aliphatic rings. The van der Waals surface area contributed by atoms with Crippen molar-refractivity contribution in [1.82, 2.24) is 10.6 Å². The van der Waals surface area contributed by atoms with Crippen LogP contribution in [0.2, 0.25) is 0 Å². The molecule has 0 heterocycles. The number of hydrogen-bond donors (Lipinski definition) is 2. The molecule has 1 aromatic carbocycles. The summed E-state index contributed by atoms with van der Waals surface area (Å²) in [6.45, 7) is 3.49. The first-order chi connectivity index (χ1) is 11.5. The van der Waals surface area contributed by atoms with Crippen molar-refractivity contribution in [1.29, 1.82) is 0 Å². The summed E-state index contributed by atoms with van der Waals surface area (Å²) in [6, 6.07) is 6.04. The highest BCUT2D eigenvalue weighted by Crippen LogP contribution is 2.26. The van der Waals surface area contributed by atoms with Crippen molar-refractivity contribution >= 4 is 41.7 Å². The highest BCUT2D eigenvalue weighted by molar-refractivity contribution is 14.0. The van der Waals surface area contributed by atoms with Crippen LogP contribution >= 0.6 is 35.7 Å². The average Bonchev–Trinajstić information content (AvgIpc) is 2.52. The number of ether oxygens (including phenoxy) is 1. The molecule has 0 unspecified atom stereocenters. The molecule has 144 valence electrons. The van der Waals surface area contributed by atoms with Crippen molar-refractivity contribution in [3.8, 4) is 5.75 Å². The molecule has 0 aliphatic heterocycles. The lowest BCUT2D eigenvalue weighted by Gasteiger charge is -2.14. The molecule has 0 fully saturated rings. The molecule has 0 bridgehead atoms. The van der Waals surface area contributed by atoms with Crippen LogP contribution in [0.5, 0.6) is 5.75 Å². The van der Waals surface area contributed by atoms with Gasteiger partial charge in [-0.15, -0.1) is 37.1 Å². The summed E-state index contributed by atoms with van der Waals surface area (Å²) in [5, 5.41) is 6.27. The molecule has 25 heavy (non-hydrogen) atoms. The Kier molecular flexibility index (Phi) is 12.9. The molecule has 0 radical (unpaired) electrons. The molecule has 0 saturated carbocycles. The molecule has 9 heteroatoms. The van der Waals surface area contributed by atoms with Crippen LogP contribution in [-0.2, 0) is 6.54 Å². The van der Waals surface area contributed by atoms with Crippen molar-refractivity contribution in [2.24, 2.45) is 4.99 Å². The number of aliphatic imine (C=N–C) groups is 1. The Morgan fingerprint density at radius 1 is 1.20 bits per heavy atom. The van der Waals surface area contributed by atoms with Gasteiger partial charge in [-0.3, -0.25) is 0 Å². The van der Waals surface area contributed by atoms with E-state index in [2.05, 4.69) is 26.6 Å². The number of rotatable bonds is 9. The van der Waals surface area contributed by atoms with E-state index < -0.39 is 6.36 Å². The maximum absolute atomic E-state index is 12.4. The Balaban J connectivity index is 0.00000576. The van der Waals surface area contributed by atoms with E-state index in [9.17, 15) is 13.2 Å². The summed E-state index contributed by atoms with van der Waals surface area (Å²) in [7, 11) is 0. The standard InChI is InChI=1S/C16H24F3N3OS.HI/c1-3-20-15(21-10-6-7-11-24-2)22-12-13-8-4-5-9-14(13)23-16(17,18)19;/h4-5,8-9H,3,6-7,10-12H2,1-2H3,(H2,20,21,22);1H. The minimum absolute atomic E-state index is 0. The summed E-state index contributed by atoms with van der Waals surface area (Å²) < 4.78 is 41.3. The number of hydrogen-bond acceptors (Lipinski definition) is 3. The largest absolute Gasteiger partial charge is 0.573 e. The van der Waals surface area contributed by atoms with Crippen LogP contribution in [0.1, 0.15) is 25.3 Å². The second-order valence-corrected chi connectivity index (χ2v) is 5.96. The topological polar surface area (TPSA) is 45.7 Å². The third-order valence-electron chi connectivity index (χ3n) is 3.02. The average molecular weight is 491 g/mol. The third-order valence-corrected chi connectivity index (χ3v) is 3.71. The fourth-order valence-electron chi connectivity index (χ4n) is 1.94. The predicted octanol–water partition coefficient (Wildman–Crippen LogP) is 4.40. The number of nitrogens with zero attached hydrogens (tertiary/aromatic N) is 1. The molecule has 0 atom stereocenters. The second-order valence-electron chi connectivity index (χ2n) is 4.98. The fraction of sp³-hybridized carbons (Fsp3) is 0.562. The number of alkyl halides is 3. The zero-order valence-electron chi connectivity index (χ0n) is 14.4. The lowest BCUT2D eigenvalue weighted by Crippen LogP contribution is -2.37. The molecule has 2 N–H and O–H groups in total. The Labute approximate surface area is 168 Å². The number of guanidine groups is 1. The molecular formula is C16H25F3IN3OS. The lowest BCUT2D eigenvalue weighted by atomic mass is 10.2. The molecule has 0 saturated heterocycles. The lowest BCUT2D eigenvalue weighted by molar-refractivity contribution is -0.274. The normalized spacial score (nSPS) is 11.6. The molecule has 0 amide bonds. The van der Waals surface area contributed by atoms with Gasteiger partial charge in [0.05, 0.1) is 6.54 Å². The number of nitrogens with one attached hydrogen (secondary N) is 2. The molecule has 0 aromatic heterocycles. The van der Waals surface area contributed by atoms with Gasteiger partial charge in [0.25, 0.3) is 0 Å². The van der Waals surface area contributed by atoms with Gasteiger partial charge >= 0.3 is 6.36 Å². The summed E-state index contributed by atoms with van der Waals surface area (Å²) >= 11 is 1.80. The first kappa shape index (κ1) is 24.2. The summed E-state index contributed by atoms with van der Waals surface area (Å²) in [4.78, 5) is 4.33. The van der Waals surface area contributed by atoms with Gasteiger partial charge in [0.1, 0.15) is 5.75 Å². The van der Waals surface area contributed by atoms with E-state index in [1.165, 1.54) is 12.1 Å². The Hall–Kier alpha value is -0.840. The monoisotopic (exact) mass is 491 g/mol. The molecule has 1 aromatic rings. The quantitative estimate of drug-likeness (QED) is 0.233. The van der Waals surface area contributed by atoms with Gasteiger partial charge in [-0.25, -0.2) is 4.99 Å². The highest BCUT2D eigenvalue weighted by Gasteiger charge is 2.31. The van der Waals surface area contributed by atoms with E-state index in [1.54, 1.807) is 23.9 Å². The Morgan fingerprint density at radius 3 is 2.56 bits per heavy atom. The molecule has 1 rings (SSSR count). The van der Waals surface area contributed by atoms with Crippen LogP contribution < -0.4 is 15.4 Å². The van der Waals surface area contributed by atoms with E-state index in [0.717, 1.165) is 25.1 Å². The van der Waals surface area contributed by atoms with Gasteiger partial charge in [0.2, 0.25) is 0 Å². The molecular weight excluding hydrogens is 466 g/mol. The van der Waals surface area contributed by atoms with Crippen molar-refractivity contribution in [3.63, 3.8) is 0 Å². The number of para-hydroxylation sites is 1. The molecule has 4 nitrogen and oxygen atoms in total. The minimum atomic E-state index is -4.71. The molecule has 0 aliphatic carbocycles. The van der Waals surface area contributed by atoms with Crippen LogP contribution in [0.4, 0.5) is 13.2 Å². The SMILES string of the molecule is CCNC(=NCc1ccccc1OC(F)(F)F)NCCCCSC.I.